The topological polar surface area (TPSA) is 61.7 Å². The average molecular weight is 241 g/mol. The lowest BCUT2D eigenvalue weighted by molar-refractivity contribution is 0.711. The van der Waals surface area contributed by atoms with Crippen LogP contribution in [0.2, 0.25) is 0 Å². The van der Waals surface area contributed by atoms with Crippen molar-refractivity contribution in [2.24, 2.45) is 12.8 Å². The van der Waals surface area contributed by atoms with Crippen LogP contribution in [0.4, 0.5) is 0 Å². The summed E-state index contributed by atoms with van der Waals surface area (Å²) in [6.07, 6.45) is 4.00. The molecule has 0 atom stereocenters. The summed E-state index contributed by atoms with van der Waals surface area (Å²) in [6.45, 7) is 1.31. The van der Waals surface area contributed by atoms with Crippen molar-refractivity contribution in [1.29, 1.82) is 0 Å². The molecule has 0 saturated carbocycles. The number of benzene rings is 1. The third-order valence-corrected chi connectivity index (χ3v) is 3.05. The predicted octanol–water partition coefficient (Wildman–Crippen LogP) is 1.28. The Morgan fingerprint density at radius 2 is 2.17 bits per heavy atom. The molecule has 5 heteroatoms. The number of nitrogens with zero attached hydrogens (tertiary/aromatic N) is 4. The predicted molar refractivity (Wildman–Crippen MR) is 69.9 cm³/mol. The maximum atomic E-state index is 5.65. The number of hydrogen-bond acceptors (Lipinski definition) is 3. The van der Waals surface area contributed by atoms with Crippen molar-refractivity contribution in [3.63, 3.8) is 0 Å². The van der Waals surface area contributed by atoms with Crippen molar-refractivity contribution in [2.45, 2.75) is 13.1 Å². The van der Waals surface area contributed by atoms with Gasteiger partial charge in [0.05, 0.1) is 6.54 Å². The van der Waals surface area contributed by atoms with Crippen LogP contribution in [0.5, 0.6) is 0 Å². The van der Waals surface area contributed by atoms with Crippen LogP contribution in [0.25, 0.3) is 10.9 Å². The minimum absolute atomic E-state index is 0.575. The van der Waals surface area contributed by atoms with Gasteiger partial charge in [-0.15, -0.1) is 5.10 Å². The summed E-state index contributed by atoms with van der Waals surface area (Å²) >= 11 is 0. The van der Waals surface area contributed by atoms with E-state index in [1.165, 1.54) is 10.9 Å². The van der Waals surface area contributed by atoms with Gasteiger partial charge in [-0.3, -0.25) is 4.68 Å². The van der Waals surface area contributed by atoms with Gasteiger partial charge in [-0.1, -0.05) is 11.3 Å². The number of aromatic nitrogens is 4. The Morgan fingerprint density at radius 1 is 1.28 bits per heavy atom. The molecule has 5 nitrogen and oxygen atoms in total. The fourth-order valence-electron chi connectivity index (χ4n) is 2.16. The van der Waals surface area contributed by atoms with Crippen LogP contribution in [-0.2, 0) is 20.1 Å². The molecule has 1 aromatic carbocycles. The normalized spacial score (nSPS) is 11.2. The van der Waals surface area contributed by atoms with E-state index in [1.807, 2.05) is 13.2 Å². The Labute approximate surface area is 105 Å². The largest absolute Gasteiger partial charge is 0.341 e. The zero-order valence-electron chi connectivity index (χ0n) is 10.2. The van der Waals surface area contributed by atoms with Crippen molar-refractivity contribution in [1.82, 2.24) is 19.6 Å². The second-order valence-corrected chi connectivity index (χ2v) is 4.42. The van der Waals surface area contributed by atoms with Crippen LogP contribution < -0.4 is 5.73 Å². The Hall–Kier alpha value is -2.14. The molecule has 0 saturated heterocycles. The molecule has 0 amide bonds. The highest BCUT2D eigenvalue weighted by Crippen LogP contribution is 2.18. The van der Waals surface area contributed by atoms with Crippen molar-refractivity contribution < 1.29 is 0 Å². The van der Waals surface area contributed by atoms with Crippen molar-refractivity contribution in [2.75, 3.05) is 0 Å². The van der Waals surface area contributed by atoms with Gasteiger partial charge in [0, 0.05) is 31.5 Å². The summed E-state index contributed by atoms with van der Waals surface area (Å²) in [5.74, 6) is 0. The lowest BCUT2D eigenvalue weighted by Crippen LogP contribution is -1.99. The molecule has 2 aromatic heterocycles. The number of fused-ring (bicyclic) bond motifs is 1. The Morgan fingerprint density at radius 3 is 2.89 bits per heavy atom. The summed E-state index contributed by atoms with van der Waals surface area (Å²) in [4.78, 5) is 0. The molecule has 0 aliphatic rings. The SMILES string of the molecule is Cn1cc(Cn2ccc3cc(CN)ccc32)nn1. The smallest absolute Gasteiger partial charge is 0.102 e. The van der Waals surface area contributed by atoms with Crippen molar-refractivity contribution in [3.05, 3.63) is 47.9 Å². The van der Waals surface area contributed by atoms with Crippen LogP contribution in [0.1, 0.15) is 11.3 Å². The van der Waals surface area contributed by atoms with Crippen LogP contribution >= 0.6 is 0 Å². The zero-order chi connectivity index (χ0) is 12.5. The molecule has 0 aliphatic carbocycles. The third kappa shape index (κ3) is 1.89. The average Bonchev–Trinajstić information content (AvgIpc) is 2.96. The van der Waals surface area contributed by atoms with Gasteiger partial charge in [-0.2, -0.15) is 0 Å². The highest BCUT2D eigenvalue weighted by atomic mass is 15.4. The molecule has 0 radical (unpaired) electrons. The molecular weight excluding hydrogens is 226 g/mol. The summed E-state index contributed by atoms with van der Waals surface area (Å²) in [6, 6.07) is 8.40. The Bertz CT molecular complexity index is 680. The van der Waals surface area contributed by atoms with Crippen LogP contribution in [0.3, 0.4) is 0 Å². The van der Waals surface area contributed by atoms with E-state index in [0.29, 0.717) is 6.54 Å². The number of hydrogen-bond donors (Lipinski definition) is 1. The van der Waals surface area contributed by atoms with E-state index in [2.05, 4.69) is 45.3 Å². The molecule has 0 unspecified atom stereocenters. The van der Waals surface area contributed by atoms with E-state index in [4.69, 9.17) is 5.73 Å². The van der Waals surface area contributed by atoms with E-state index >= 15 is 0 Å². The first-order chi connectivity index (χ1) is 8.76. The lowest BCUT2D eigenvalue weighted by atomic mass is 10.1. The summed E-state index contributed by atoms with van der Waals surface area (Å²) in [5.41, 5.74) is 8.95. The fraction of sp³-hybridized carbons (Fsp3) is 0.231. The maximum absolute atomic E-state index is 5.65. The zero-order valence-corrected chi connectivity index (χ0v) is 10.2. The van der Waals surface area contributed by atoms with E-state index in [0.717, 1.165) is 17.8 Å². The number of nitrogens with two attached hydrogens (primary N) is 1. The van der Waals surface area contributed by atoms with Gasteiger partial charge in [0.1, 0.15) is 5.69 Å². The van der Waals surface area contributed by atoms with Gasteiger partial charge in [0.2, 0.25) is 0 Å². The van der Waals surface area contributed by atoms with E-state index < -0.39 is 0 Å². The molecule has 0 spiro atoms. The van der Waals surface area contributed by atoms with Gasteiger partial charge in [-0.05, 0) is 29.1 Å². The van der Waals surface area contributed by atoms with E-state index in [1.54, 1.807) is 4.68 Å². The van der Waals surface area contributed by atoms with Gasteiger partial charge >= 0.3 is 0 Å². The van der Waals surface area contributed by atoms with Crippen LogP contribution in [-0.4, -0.2) is 19.6 Å². The van der Waals surface area contributed by atoms with Crippen molar-refractivity contribution >= 4 is 10.9 Å². The second-order valence-electron chi connectivity index (χ2n) is 4.42. The van der Waals surface area contributed by atoms with E-state index in [9.17, 15) is 0 Å². The highest BCUT2D eigenvalue weighted by Gasteiger charge is 2.04. The molecule has 0 aliphatic heterocycles. The Balaban J connectivity index is 1.97. The first kappa shape index (κ1) is 11.0. The first-order valence-corrected chi connectivity index (χ1v) is 5.89. The Kier molecular flexibility index (Phi) is 2.60. The molecule has 92 valence electrons. The maximum Gasteiger partial charge on any atom is 0.102 e. The molecule has 2 heterocycles. The van der Waals surface area contributed by atoms with Crippen LogP contribution in [0.15, 0.2) is 36.7 Å². The van der Waals surface area contributed by atoms with Crippen molar-refractivity contribution in [3.8, 4) is 0 Å². The van der Waals surface area contributed by atoms with Gasteiger partial charge < -0.3 is 10.3 Å². The summed E-state index contributed by atoms with van der Waals surface area (Å²) in [5, 5.41) is 9.25. The number of rotatable bonds is 3. The lowest BCUT2D eigenvalue weighted by Gasteiger charge is -2.03. The highest BCUT2D eigenvalue weighted by molar-refractivity contribution is 5.80. The molecule has 3 aromatic rings. The minimum Gasteiger partial charge on any atom is -0.341 e. The number of aryl methyl sites for hydroxylation is 1. The van der Waals surface area contributed by atoms with E-state index in [-0.39, 0.29) is 0 Å². The first-order valence-electron chi connectivity index (χ1n) is 5.89. The molecular formula is C13H15N5. The second kappa shape index (κ2) is 4.27. The third-order valence-electron chi connectivity index (χ3n) is 3.05. The molecule has 18 heavy (non-hydrogen) atoms. The van der Waals surface area contributed by atoms with Crippen LogP contribution in [0, 0.1) is 0 Å². The standard InChI is InChI=1S/C13H15N5/c1-17-8-12(15-16-17)9-18-5-4-11-6-10(7-14)2-3-13(11)18/h2-6,8H,7,9,14H2,1H3. The molecule has 2 N–H and O–H groups in total. The molecule has 0 fully saturated rings. The van der Waals surface area contributed by atoms with Gasteiger partial charge in [-0.25, -0.2) is 0 Å². The van der Waals surface area contributed by atoms with Gasteiger partial charge in [0.25, 0.3) is 0 Å². The quantitative estimate of drug-likeness (QED) is 0.751. The molecule has 0 bridgehead atoms. The monoisotopic (exact) mass is 241 g/mol. The fourth-order valence-corrected chi connectivity index (χ4v) is 2.16. The molecule has 3 rings (SSSR count). The van der Waals surface area contributed by atoms with Gasteiger partial charge in [0.15, 0.2) is 0 Å². The summed E-state index contributed by atoms with van der Waals surface area (Å²) in [7, 11) is 1.87. The minimum atomic E-state index is 0.575. The summed E-state index contributed by atoms with van der Waals surface area (Å²) < 4.78 is 3.88.